The highest BCUT2D eigenvalue weighted by atomic mass is 16.5. The van der Waals surface area contributed by atoms with Crippen molar-refractivity contribution < 1.29 is 9.47 Å². The highest BCUT2D eigenvalue weighted by Gasteiger charge is 1.90. The molecule has 0 aromatic heterocycles. The number of hydrogen-bond acceptors (Lipinski definition) is 2. The Morgan fingerprint density at radius 2 is 2.09 bits per heavy atom. The molecule has 0 aliphatic carbocycles. The van der Waals surface area contributed by atoms with Crippen LogP contribution in [0.2, 0.25) is 0 Å². The van der Waals surface area contributed by atoms with Crippen molar-refractivity contribution in [1.29, 1.82) is 0 Å². The molecule has 0 heterocycles. The van der Waals surface area contributed by atoms with Gasteiger partial charge in [-0.15, -0.1) is 0 Å². The molecule has 0 radical (unpaired) electrons. The minimum absolute atomic E-state index is 0.122. The van der Waals surface area contributed by atoms with E-state index < -0.39 is 0 Å². The Kier molecular flexibility index (Phi) is 6.90. The van der Waals surface area contributed by atoms with E-state index in [2.05, 4.69) is 5.73 Å². The van der Waals surface area contributed by atoms with E-state index in [1.54, 1.807) is 6.26 Å². The molecular weight excluding hydrogens is 140 g/mol. The van der Waals surface area contributed by atoms with Gasteiger partial charge in [0.05, 0.1) is 12.7 Å². The van der Waals surface area contributed by atoms with E-state index >= 15 is 0 Å². The first-order chi connectivity index (χ1) is 5.31. The molecule has 0 N–H and O–H groups in total. The van der Waals surface area contributed by atoms with Gasteiger partial charge in [0.15, 0.2) is 0 Å². The van der Waals surface area contributed by atoms with E-state index in [-0.39, 0.29) is 6.10 Å². The zero-order valence-electron chi connectivity index (χ0n) is 7.46. The molecule has 0 saturated carbocycles. The van der Waals surface area contributed by atoms with Crippen molar-refractivity contribution in [2.45, 2.75) is 26.9 Å². The Hall–Kier alpha value is -0.720. The largest absolute Gasteiger partial charge is 0.493 e. The molecule has 64 valence electrons. The average molecular weight is 156 g/mol. The number of rotatable bonds is 5. The Bertz CT molecular complexity index is 134. The van der Waals surface area contributed by atoms with Crippen LogP contribution in [0.3, 0.4) is 0 Å². The van der Waals surface area contributed by atoms with Gasteiger partial charge in [0.2, 0.25) is 0 Å². The summed E-state index contributed by atoms with van der Waals surface area (Å²) in [6.07, 6.45) is 3.51. The topological polar surface area (TPSA) is 18.5 Å². The molecule has 0 aliphatic rings. The lowest BCUT2D eigenvalue weighted by atomic mass is 10.4. The zero-order valence-corrected chi connectivity index (χ0v) is 7.46. The maximum atomic E-state index is 5.23. The van der Waals surface area contributed by atoms with Gasteiger partial charge in [-0.05, 0) is 26.8 Å². The van der Waals surface area contributed by atoms with Gasteiger partial charge < -0.3 is 9.47 Å². The lowest BCUT2D eigenvalue weighted by Gasteiger charge is -2.02. The number of hydrogen-bond donors (Lipinski definition) is 0. The van der Waals surface area contributed by atoms with E-state index in [0.717, 1.165) is 6.61 Å². The predicted molar refractivity (Wildman–Crippen MR) is 45.4 cm³/mol. The first-order valence-corrected chi connectivity index (χ1v) is 3.95. The van der Waals surface area contributed by atoms with Crippen LogP contribution in [-0.2, 0) is 9.47 Å². The highest BCUT2D eigenvalue weighted by molar-refractivity contribution is 4.85. The maximum Gasteiger partial charge on any atom is 0.125 e. The SMILES string of the molecule is CCOC=C=CC(C)OCC. The van der Waals surface area contributed by atoms with Gasteiger partial charge in [-0.2, -0.15) is 0 Å². The van der Waals surface area contributed by atoms with Gasteiger partial charge in [-0.3, -0.25) is 0 Å². The fourth-order valence-electron chi connectivity index (χ4n) is 0.617. The van der Waals surface area contributed by atoms with E-state index in [9.17, 15) is 0 Å². The van der Waals surface area contributed by atoms with Crippen molar-refractivity contribution in [2.24, 2.45) is 0 Å². The first-order valence-electron chi connectivity index (χ1n) is 3.95. The van der Waals surface area contributed by atoms with Crippen LogP contribution in [0.5, 0.6) is 0 Å². The summed E-state index contributed by atoms with van der Waals surface area (Å²) < 4.78 is 10.2. The third-order valence-corrected chi connectivity index (χ3v) is 1.08. The minimum Gasteiger partial charge on any atom is -0.493 e. The summed E-state index contributed by atoms with van der Waals surface area (Å²) in [6, 6.07) is 0. The predicted octanol–water partition coefficient (Wildman–Crippen LogP) is 2.12. The van der Waals surface area contributed by atoms with Gasteiger partial charge in [0, 0.05) is 6.61 Å². The van der Waals surface area contributed by atoms with E-state index in [1.165, 1.54) is 0 Å². The van der Waals surface area contributed by atoms with Crippen LogP contribution in [0.1, 0.15) is 20.8 Å². The smallest absolute Gasteiger partial charge is 0.125 e. The summed E-state index contributed by atoms with van der Waals surface area (Å²) in [7, 11) is 0. The summed E-state index contributed by atoms with van der Waals surface area (Å²) in [4.78, 5) is 0. The fraction of sp³-hybridized carbons (Fsp3) is 0.667. The summed E-state index contributed by atoms with van der Waals surface area (Å²) in [5.41, 5.74) is 2.87. The second-order valence-electron chi connectivity index (χ2n) is 2.07. The molecule has 1 unspecified atom stereocenters. The zero-order chi connectivity index (χ0) is 8.53. The van der Waals surface area contributed by atoms with Crippen LogP contribution in [0.15, 0.2) is 18.1 Å². The molecule has 11 heavy (non-hydrogen) atoms. The molecule has 2 heteroatoms. The van der Waals surface area contributed by atoms with Crippen LogP contribution in [0.25, 0.3) is 0 Å². The quantitative estimate of drug-likeness (QED) is 0.448. The van der Waals surface area contributed by atoms with Gasteiger partial charge >= 0.3 is 0 Å². The van der Waals surface area contributed by atoms with Crippen molar-refractivity contribution >= 4 is 0 Å². The number of ether oxygens (including phenoxy) is 2. The molecule has 0 fully saturated rings. The first kappa shape index (κ1) is 10.3. The third-order valence-electron chi connectivity index (χ3n) is 1.08. The second kappa shape index (κ2) is 7.39. The van der Waals surface area contributed by atoms with E-state index in [1.807, 2.05) is 26.8 Å². The summed E-state index contributed by atoms with van der Waals surface area (Å²) in [5, 5.41) is 0. The minimum atomic E-state index is 0.122. The van der Waals surface area contributed by atoms with Crippen molar-refractivity contribution in [3.63, 3.8) is 0 Å². The molecule has 2 nitrogen and oxygen atoms in total. The molecule has 0 aromatic carbocycles. The van der Waals surface area contributed by atoms with Crippen LogP contribution >= 0.6 is 0 Å². The molecule has 0 rings (SSSR count). The van der Waals surface area contributed by atoms with Crippen LogP contribution in [-0.4, -0.2) is 19.3 Å². The standard InChI is InChI=1S/C9H16O2/c1-4-10-8-6-7-9(3)11-5-2/h7-9H,4-5H2,1-3H3. The molecule has 1 atom stereocenters. The Labute approximate surface area is 68.5 Å². The van der Waals surface area contributed by atoms with Gasteiger partial charge in [0.25, 0.3) is 0 Å². The molecule has 0 saturated heterocycles. The van der Waals surface area contributed by atoms with Crippen molar-refractivity contribution in [1.82, 2.24) is 0 Å². The fourth-order valence-corrected chi connectivity index (χ4v) is 0.617. The average Bonchev–Trinajstić information content (AvgIpc) is 1.99. The van der Waals surface area contributed by atoms with Gasteiger partial charge in [-0.1, -0.05) is 5.73 Å². The summed E-state index contributed by atoms with van der Waals surface area (Å²) >= 11 is 0. The lowest BCUT2D eigenvalue weighted by Crippen LogP contribution is -2.02. The monoisotopic (exact) mass is 156 g/mol. The van der Waals surface area contributed by atoms with Crippen LogP contribution in [0, 0.1) is 0 Å². The molecule has 0 bridgehead atoms. The van der Waals surface area contributed by atoms with Gasteiger partial charge in [0.1, 0.15) is 6.26 Å². The third kappa shape index (κ3) is 7.17. The van der Waals surface area contributed by atoms with Crippen molar-refractivity contribution in [3.05, 3.63) is 18.1 Å². The normalized spacial score (nSPS) is 11.5. The Morgan fingerprint density at radius 1 is 1.36 bits per heavy atom. The summed E-state index contributed by atoms with van der Waals surface area (Å²) in [6.45, 7) is 7.29. The van der Waals surface area contributed by atoms with E-state index in [0.29, 0.717) is 6.61 Å². The molecule has 0 spiro atoms. The van der Waals surface area contributed by atoms with Crippen LogP contribution < -0.4 is 0 Å². The Morgan fingerprint density at radius 3 is 2.64 bits per heavy atom. The molecule has 0 aromatic rings. The van der Waals surface area contributed by atoms with Gasteiger partial charge in [-0.25, -0.2) is 0 Å². The molecule has 0 amide bonds. The summed E-state index contributed by atoms with van der Waals surface area (Å²) in [5.74, 6) is 0. The van der Waals surface area contributed by atoms with Crippen molar-refractivity contribution in [3.8, 4) is 0 Å². The lowest BCUT2D eigenvalue weighted by molar-refractivity contribution is 0.109. The Balaban J connectivity index is 3.53. The molecular formula is C9H16O2. The second-order valence-corrected chi connectivity index (χ2v) is 2.07. The van der Waals surface area contributed by atoms with Crippen LogP contribution in [0.4, 0.5) is 0 Å². The van der Waals surface area contributed by atoms with Crippen molar-refractivity contribution in [2.75, 3.05) is 13.2 Å². The molecule has 0 aliphatic heterocycles. The highest BCUT2D eigenvalue weighted by Crippen LogP contribution is 1.90. The maximum absolute atomic E-state index is 5.23. The van der Waals surface area contributed by atoms with E-state index in [4.69, 9.17) is 9.47 Å².